The van der Waals surface area contributed by atoms with Crippen LogP contribution in [0.5, 0.6) is 5.75 Å². The lowest BCUT2D eigenvalue weighted by atomic mass is 10.1. The standard InChI is InChI=1S/C16H17NS.C9H13BrS.C7H5BNO2/c1-2-3-4-5-15-10-11-16(18-15)14-8-6-13(12-17)7-9-14;1-2-3-4-5-8-6-7-9(10)11-8;9-5-6-1-3-7(4-2-6)11-8-10/h6-11H,2-5H2,1H3;6-7H,2-5H2,1H3;1-4,10H. The molecule has 4 rings (SSSR count). The first-order valence-corrected chi connectivity index (χ1v) is 15.9. The summed E-state index contributed by atoms with van der Waals surface area (Å²) in [6, 6.07) is 27.1. The average molecular weight is 634 g/mol. The summed E-state index contributed by atoms with van der Waals surface area (Å²) in [4.78, 5) is 4.26. The van der Waals surface area contributed by atoms with Crippen LogP contribution in [0.25, 0.3) is 10.4 Å². The molecule has 2 heterocycles. The second kappa shape index (κ2) is 20.1. The van der Waals surface area contributed by atoms with Gasteiger partial charge in [-0.25, -0.2) is 0 Å². The Kier molecular flexibility index (Phi) is 16.7. The van der Waals surface area contributed by atoms with Crippen LogP contribution in [0.1, 0.15) is 73.3 Å². The lowest BCUT2D eigenvalue weighted by Gasteiger charge is -1.98. The first-order chi connectivity index (χ1) is 19.5. The van der Waals surface area contributed by atoms with Gasteiger partial charge in [0.25, 0.3) is 0 Å². The van der Waals surface area contributed by atoms with Crippen molar-refractivity contribution in [2.24, 2.45) is 0 Å². The van der Waals surface area contributed by atoms with Gasteiger partial charge in [-0.15, -0.1) is 22.7 Å². The summed E-state index contributed by atoms with van der Waals surface area (Å²) in [5.74, 6) is 0.506. The molecule has 207 valence electrons. The van der Waals surface area contributed by atoms with E-state index >= 15 is 0 Å². The molecule has 8 heteroatoms. The first kappa shape index (κ1) is 33.3. The largest absolute Gasteiger partial charge is 0.569 e. The average Bonchev–Trinajstić information content (AvgIpc) is 3.64. The van der Waals surface area contributed by atoms with Gasteiger partial charge in [-0.1, -0.05) is 51.7 Å². The number of unbranched alkanes of at least 4 members (excludes halogenated alkanes) is 4. The summed E-state index contributed by atoms with van der Waals surface area (Å²) in [6.45, 7) is 4.47. The van der Waals surface area contributed by atoms with E-state index < -0.39 is 0 Å². The third-order valence-corrected chi connectivity index (χ3v) is 8.69. The van der Waals surface area contributed by atoms with Crippen molar-refractivity contribution in [3.63, 3.8) is 0 Å². The normalized spacial score (nSPS) is 9.75. The number of hydrogen-bond acceptors (Lipinski definition) is 6. The summed E-state index contributed by atoms with van der Waals surface area (Å²) in [7, 11) is 0.599. The molecule has 0 amide bonds. The van der Waals surface area contributed by atoms with Crippen molar-refractivity contribution < 1.29 is 9.68 Å². The molecule has 0 aliphatic rings. The Morgan fingerprint density at radius 2 is 1.25 bits per heavy atom. The maximum atomic E-state index is 8.78. The SMILES string of the molecule is CCCCCc1ccc(-c2ccc(C#N)cc2)s1.CCCCCc1ccc(Br)s1.N#Cc1ccc(O[B]O)cc1. The zero-order chi connectivity index (χ0) is 29.0. The quantitative estimate of drug-likeness (QED) is 0.132. The molecule has 1 N–H and O–H groups in total. The number of benzene rings is 2. The van der Waals surface area contributed by atoms with E-state index in [0.717, 1.165) is 5.56 Å². The number of rotatable bonds is 11. The first-order valence-electron chi connectivity index (χ1n) is 13.5. The Morgan fingerprint density at radius 1 is 0.725 bits per heavy atom. The molecule has 2 aromatic heterocycles. The van der Waals surface area contributed by atoms with Gasteiger partial charge in [-0.3, -0.25) is 0 Å². The van der Waals surface area contributed by atoms with Crippen molar-refractivity contribution in [1.82, 2.24) is 0 Å². The Hall–Kier alpha value is -2.88. The molecule has 1 radical (unpaired) electrons. The monoisotopic (exact) mass is 633 g/mol. The number of nitriles is 2. The van der Waals surface area contributed by atoms with Gasteiger partial charge < -0.3 is 9.68 Å². The van der Waals surface area contributed by atoms with Gasteiger partial charge in [0.05, 0.1) is 27.1 Å². The summed E-state index contributed by atoms with van der Waals surface area (Å²) in [5.41, 5.74) is 2.49. The molecule has 40 heavy (non-hydrogen) atoms. The van der Waals surface area contributed by atoms with Crippen molar-refractivity contribution in [3.8, 4) is 28.3 Å². The smallest absolute Gasteiger partial charge is 0.537 e. The van der Waals surface area contributed by atoms with Crippen molar-refractivity contribution in [1.29, 1.82) is 10.5 Å². The summed E-state index contributed by atoms with van der Waals surface area (Å²) < 4.78 is 5.88. The number of hydrogen-bond donors (Lipinski definition) is 1. The zero-order valence-corrected chi connectivity index (χ0v) is 26.3. The molecule has 0 atom stereocenters. The third-order valence-electron chi connectivity index (χ3n) is 5.81. The van der Waals surface area contributed by atoms with Crippen LogP contribution < -0.4 is 4.65 Å². The van der Waals surface area contributed by atoms with E-state index in [1.807, 2.05) is 53.0 Å². The van der Waals surface area contributed by atoms with Crippen LogP contribution in [0, 0.1) is 22.7 Å². The van der Waals surface area contributed by atoms with Gasteiger partial charge in [0, 0.05) is 14.6 Å². The minimum Gasteiger partial charge on any atom is -0.537 e. The van der Waals surface area contributed by atoms with Crippen LogP contribution in [-0.2, 0) is 12.8 Å². The maximum absolute atomic E-state index is 8.78. The lowest BCUT2D eigenvalue weighted by molar-refractivity contribution is 0.454. The van der Waals surface area contributed by atoms with E-state index in [4.69, 9.17) is 15.5 Å². The molecule has 0 bridgehead atoms. The number of halogens is 1. The van der Waals surface area contributed by atoms with E-state index in [1.54, 1.807) is 24.3 Å². The van der Waals surface area contributed by atoms with E-state index in [9.17, 15) is 0 Å². The van der Waals surface area contributed by atoms with Crippen LogP contribution in [0.4, 0.5) is 0 Å². The van der Waals surface area contributed by atoms with Crippen molar-refractivity contribution in [2.45, 2.75) is 65.2 Å². The molecule has 0 saturated heterocycles. The van der Waals surface area contributed by atoms with Crippen LogP contribution in [0.15, 0.2) is 76.6 Å². The highest BCUT2D eigenvalue weighted by molar-refractivity contribution is 9.11. The maximum Gasteiger partial charge on any atom is 0.569 e. The molecule has 4 aromatic rings. The van der Waals surface area contributed by atoms with E-state index in [1.165, 1.54) is 75.3 Å². The third kappa shape index (κ3) is 13.0. The number of aryl methyl sites for hydroxylation is 2. The van der Waals surface area contributed by atoms with Crippen LogP contribution in [0.3, 0.4) is 0 Å². The lowest BCUT2D eigenvalue weighted by Crippen LogP contribution is -1.99. The van der Waals surface area contributed by atoms with Gasteiger partial charge in [-0.05, 0) is 108 Å². The minimum atomic E-state index is 0.506. The zero-order valence-electron chi connectivity index (χ0n) is 23.1. The van der Waals surface area contributed by atoms with Crippen molar-refractivity contribution in [2.75, 3.05) is 0 Å². The Bertz CT molecular complexity index is 1320. The predicted octanol–water partition coefficient (Wildman–Crippen LogP) is 9.73. The highest BCUT2D eigenvalue weighted by Crippen LogP contribution is 2.29. The molecule has 2 aromatic carbocycles. The van der Waals surface area contributed by atoms with Gasteiger partial charge in [-0.2, -0.15) is 10.5 Å². The molecule has 0 saturated carbocycles. The van der Waals surface area contributed by atoms with Gasteiger partial charge in [0.1, 0.15) is 5.75 Å². The Balaban J connectivity index is 0.000000222. The molecule has 0 unspecified atom stereocenters. The summed E-state index contributed by atoms with van der Waals surface area (Å²) in [6.07, 6.45) is 10.3. The molecule has 0 aliphatic heterocycles. The fourth-order valence-electron chi connectivity index (χ4n) is 3.63. The van der Waals surface area contributed by atoms with Crippen LogP contribution in [0.2, 0.25) is 0 Å². The van der Waals surface area contributed by atoms with Gasteiger partial charge in [0.2, 0.25) is 0 Å². The Labute approximate surface area is 256 Å². The highest BCUT2D eigenvalue weighted by Gasteiger charge is 2.03. The molecular weight excluding hydrogens is 599 g/mol. The summed E-state index contributed by atoms with van der Waals surface area (Å²) >= 11 is 7.18. The van der Waals surface area contributed by atoms with E-state index in [-0.39, 0.29) is 0 Å². The number of nitrogens with zero attached hydrogens (tertiary/aromatic N) is 2. The highest BCUT2D eigenvalue weighted by atomic mass is 79.9. The number of thiophene rings is 2. The van der Waals surface area contributed by atoms with Crippen LogP contribution in [-0.4, -0.2) is 12.7 Å². The molecule has 4 nitrogen and oxygen atoms in total. The molecule has 0 fully saturated rings. The predicted molar refractivity (Wildman–Crippen MR) is 173 cm³/mol. The van der Waals surface area contributed by atoms with Gasteiger partial charge >= 0.3 is 7.69 Å². The second-order valence-electron chi connectivity index (χ2n) is 8.93. The topological polar surface area (TPSA) is 77.0 Å². The second-order valence-corrected chi connectivity index (χ2v) is 12.7. The fourth-order valence-corrected chi connectivity index (χ4v) is 6.21. The van der Waals surface area contributed by atoms with Crippen LogP contribution >= 0.6 is 38.6 Å². The fraction of sp³-hybridized carbons (Fsp3) is 0.312. The van der Waals surface area contributed by atoms with E-state index in [0.29, 0.717) is 19.0 Å². The molecule has 0 aliphatic carbocycles. The molecule has 0 spiro atoms. The van der Waals surface area contributed by atoms with Crippen molar-refractivity contribution >= 4 is 46.3 Å². The molecular formula is C32H35BBrN2O2S2. The van der Waals surface area contributed by atoms with E-state index in [2.05, 4.69) is 64.8 Å². The Morgan fingerprint density at radius 3 is 1.73 bits per heavy atom. The van der Waals surface area contributed by atoms with Crippen molar-refractivity contribution in [3.05, 3.63) is 97.5 Å². The minimum absolute atomic E-state index is 0.506. The van der Waals surface area contributed by atoms with Gasteiger partial charge in [0.15, 0.2) is 0 Å². The summed E-state index contributed by atoms with van der Waals surface area (Å²) in [5, 5.41) is 25.4.